The summed E-state index contributed by atoms with van der Waals surface area (Å²) in [6, 6.07) is 10.6. The molecule has 0 bridgehead atoms. The molecule has 1 rings (SSSR count). The van der Waals surface area contributed by atoms with E-state index in [9.17, 15) is 0 Å². The van der Waals surface area contributed by atoms with Crippen molar-refractivity contribution in [1.29, 1.82) is 0 Å². The van der Waals surface area contributed by atoms with Crippen molar-refractivity contribution in [1.82, 2.24) is 6.15 Å². The van der Waals surface area contributed by atoms with Crippen LogP contribution in [0.5, 0.6) is 0 Å². The summed E-state index contributed by atoms with van der Waals surface area (Å²) in [6.07, 6.45) is 3.83. The van der Waals surface area contributed by atoms with Crippen molar-refractivity contribution in [2.24, 2.45) is 0 Å². The highest BCUT2D eigenvalue weighted by Gasteiger charge is 1.87. The number of rotatable bonds is 3. The minimum Gasteiger partial charge on any atom is -0.344 e. The Morgan fingerprint density at radius 2 is 1.67 bits per heavy atom. The molecule has 0 aliphatic carbocycles. The molecule has 1 aromatic rings. The van der Waals surface area contributed by atoms with Crippen LogP contribution in [-0.4, -0.2) is 0 Å². The number of hydrogen-bond donors (Lipinski definition) is 1. The molecule has 0 aliphatic heterocycles. The average Bonchev–Trinajstić information content (AvgIpc) is 2.03. The summed E-state index contributed by atoms with van der Waals surface area (Å²) in [5.41, 5.74) is 1.46. The first kappa shape index (κ1) is 14.0. The van der Waals surface area contributed by atoms with Gasteiger partial charge >= 0.3 is 0 Å². The van der Waals surface area contributed by atoms with E-state index in [1.165, 1.54) is 24.8 Å². The molecule has 2 heteroatoms. The summed E-state index contributed by atoms with van der Waals surface area (Å²) in [6.45, 7) is 2.23. The molecule has 1 aromatic carbocycles. The minimum absolute atomic E-state index is 0. The summed E-state index contributed by atoms with van der Waals surface area (Å²) in [5, 5.41) is 0. The Bertz CT molecular complexity index is 174. The Kier molecular flexibility index (Phi) is 10.0. The number of halogens is 1. The van der Waals surface area contributed by atoms with Gasteiger partial charge in [0.1, 0.15) is 0 Å². The maximum Gasteiger partial charge on any atom is -0.0279 e. The lowest BCUT2D eigenvalue weighted by molar-refractivity contribution is 0.795. The Morgan fingerprint density at radius 3 is 2.17 bits per heavy atom. The Balaban J connectivity index is 0. The lowest BCUT2D eigenvalue weighted by Crippen LogP contribution is -1.81. The zero-order valence-corrected chi connectivity index (χ0v) is 8.44. The lowest BCUT2D eigenvalue weighted by atomic mass is 10.1. The monoisotopic (exact) mass is 187 g/mol. The lowest BCUT2D eigenvalue weighted by Gasteiger charge is -1.96. The van der Waals surface area contributed by atoms with Crippen LogP contribution in [0, 0.1) is 0 Å². The van der Waals surface area contributed by atoms with Gasteiger partial charge in [-0.05, 0) is 18.4 Å². The molecular formula is C10H18ClN. The molecule has 0 fully saturated rings. The molecule has 0 unspecified atom stereocenters. The average molecular weight is 188 g/mol. The van der Waals surface area contributed by atoms with Crippen molar-refractivity contribution < 1.29 is 0 Å². The van der Waals surface area contributed by atoms with Crippen LogP contribution in [0.4, 0.5) is 0 Å². The Labute approximate surface area is 81.2 Å². The van der Waals surface area contributed by atoms with E-state index in [1.54, 1.807) is 0 Å². The molecule has 0 atom stereocenters. The largest absolute Gasteiger partial charge is 0.344 e. The molecule has 3 N–H and O–H groups in total. The molecule has 70 valence electrons. The van der Waals surface area contributed by atoms with Crippen LogP contribution in [0.1, 0.15) is 25.3 Å². The van der Waals surface area contributed by atoms with Gasteiger partial charge in [-0.2, -0.15) is 0 Å². The summed E-state index contributed by atoms with van der Waals surface area (Å²) in [7, 11) is 0. The second-order valence-corrected chi connectivity index (χ2v) is 2.59. The van der Waals surface area contributed by atoms with Gasteiger partial charge in [-0.25, -0.2) is 0 Å². The van der Waals surface area contributed by atoms with Crippen molar-refractivity contribution in [3.63, 3.8) is 0 Å². The third kappa shape index (κ3) is 5.16. The van der Waals surface area contributed by atoms with Crippen LogP contribution >= 0.6 is 12.4 Å². The summed E-state index contributed by atoms with van der Waals surface area (Å²) in [4.78, 5) is 0. The highest BCUT2D eigenvalue weighted by atomic mass is 35.5. The number of benzene rings is 1. The number of hydrogen-bond acceptors (Lipinski definition) is 1. The van der Waals surface area contributed by atoms with E-state index in [4.69, 9.17) is 0 Å². The Morgan fingerprint density at radius 1 is 1.08 bits per heavy atom. The van der Waals surface area contributed by atoms with Crippen LogP contribution in [0.2, 0.25) is 0 Å². The highest BCUT2D eigenvalue weighted by molar-refractivity contribution is 5.85. The minimum atomic E-state index is 0. The summed E-state index contributed by atoms with van der Waals surface area (Å²) >= 11 is 0. The van der Waals surface area contributed by atoms with E-state index in [1.807, 2.05) is 0 Å². The van der Waals surface area contributed by atoms with E-state index >= 15 is 0 Å². The van der Waals surface area contributed by atoms with Gasteiger partial charge in [-0.1, -0.05) is 43.7 Å². The van der Waals surface area contributed by atoms with Crippen molar-refractivity contribution in [2.75, 3.05) is 0 Å². The standard InChI is InChI=1S/C10H14.ClH.H3N/c1-2-3-7-10-8-5-4-6-9-10;;/h4-6,8-9H,2-3,7H2,1H3;1H;1H3. The second-order valence-electron chi connectivity index (χ2n) is 2.59. The van der Waals surface area contributed by atoms with E-state index in [2.05, 4.69) is 37.3 Å². The molecule has 0 amide bonds. The first-order valence-corrected chi connectivity index (χ1v) is 3.97. The topological polar surface area (TPSA) is 35.0 Å². The first-order valence-electron chi connectivity index (χ1n) is 3.97. The zero-order chi connectivity index (χ0) is 7.23. The van der Waals surface area contributed by atoms with Gasteiger partial charge < -0.3 is 6.15 Å². The SMILES string of the molecule is CCCCc1ccccc1.Cl.N. The van der Waals surface area contributed by atoms with Gasteiger partial charge in [0.25, 0.3) is 0 Å². The fourth-order valence-corrected chi connectivity index (χ4v) is 1.03. The van der Waals surface area contributed by atoms with Crippen molar-refractivity contribution in [3.8, 4) is 0 Å². The Hall–Kier alpha value is -0.530. The van der Waals surface area contributed by atoms with E-state index in [0.29, 0.717) is 0 Å². The number of unbranched alkanes of at least 4 members (excludes halogenated alkanes) is 1. The third-order valence-electron chi connectivity index (χ3n) is 1.66. The number of aryl methyl sites for hydroxylation is 1. The molecule has 0 saturated carbocycles. The maximum atomic E-state index is 2.23. The molecule has 0 aliphatic rings. The molecule has 0 saturated heterocycles. The van der Waals surface area contributed by atoms with E-state index in [0.717, 1.165) is 0 Å². The second kappa shape index (κ2) is 8.57. The van der Waals surface area contributed by atoms with Crippen LogP contribution < -0.4 is 6.15 Å². The van der Waals surface area contributed by atoms with Gasteiger partial charge in [0.15, 0.2) is 0 Å². The molecule has 0 aromatic heterocycles. The van der Waals surface area contributed by atoms with Gasteiger partial charge in [-0.15, -0.1) is 12.4 Å². The van der Waals surface area contributed by atoms with Gasteiger partial charge in [0.05, 0.1) is 0 Å². The normalized spacial score (nSPS) is 8.08. The van der Waals surface area contributed by atoms with Crippen LogP contribution in [0.15, 0.2) is 30.3 Å². The summed E-state index contributed by atoms with van der Waals surface area (Å²) < 4.78 is 0. The quantitative estimate of drug-likeness (QED) is 0.771. The van der Waals surface area contributed by atoms with Gasteiger partial charge in [-0.3, -0.25) is 0 Å². The first-order chi connectivity index (χ1) is 4.93. The fraction of sp³-hybridized carbons (Fsp3) is 0.400. The summed E-state index contributed by atoms with van der Waals surface area (Å²) in [5.74, 6) is 0. The zero-order valence-electron chi connectivity index (χ0n) is 7.62. The maximum absolute atomic E-state index is 2.23. The van der Waals surface area contributed by atoms with Crippen LogP contribution in [0.25, 0.3) is 0 Å². The molecule has 1 nitrogen and oxygen atoms in total. The van der Waals surface area contributed by atoms with E-state index < -0.39 is 0 Å². The predicted molar refractivity (Wildman–Crippen MR) is 57.3 cm³/mol. The molecular weight excluding hydrogens is 170 g/mol. The smallest absolute Gasteiger partial charge is 0.0279 e. The van der Waals surface area contributed by atoms with Crippen LogP contribution in [-0.2, 0) is 6.42 Å². The third-order valence-corrected chi connectivity index (χ3v) is 1.66. The van der Waals surface area contributed by atoms with Gasteiger partial charge in [0, 0.05) is 0 Å². The van der Waals surface area contributed by atoms with Crippen molar-refractivity contribution >= 4 is 12.4 Å². The van der Waals surface area contributed by atoms with Crippen molar-refractivity contribution in [2.45, 2.75) is 26.2 Å². The predicted octanol–water partition coefficient (Wildman–Crippen LogP) is 3.61. The highest BCUT2D eigenvalue weighted by Crippen LogP contribution is 2.03. The van der Waals surface area contributed by atoms with Crippen LogP contribution in [0.3, 0.4) is 0 Å². The molecule has 0 spiro atoms. The fourth-order valence-electron chi connectivity index (χ4n) is 1.03. The van der Waals surface area contributed by atoms with Gasteiger partial charge in [0.2, 0.25) is 0 Å². The van der Waals surface area contributed by atoms with Crippen molar-refractivity contribution in [3.05, 3.63) is 35.9 Å². The van der Waals surface area contributed by atoms with E-state index in [-0.39, 0.29) is 18.6 Å². The molecule has 0 heterocycles. The molecule has 12 heavy (non-hydrogen) atoms. The molecule has 0 radical (unpaired) electrons.